The fraction of sp³-hybridized carbons (Fsp3) is 0.667. The number of imidazole rings is 1. The van der Waals surface area contributed by atoms with Crippen molar-refractivity contribution >= 4 is 21.9 Å². The average Bonchev–Trinajstić information content (AvgIpc) is 3.02. The van der Waals surface area contributed by atoms with E-state index >= 15 is 0 Å². The molecule has 1 aliphatic rings. The number of aryl methyl sites for hydroxylation is 2. The van der Waals surface area contributed by atoms with E-state index in [1.807, 2.05) is 0 Å². The van der Waals surface area contributed by atoms with Crippen LogP contribution in [0.3, 0.4) is 0 Å². The number of carbonyl (C=O) groups excluding carboxylic acids is 2. The molecule has 0 bridgehead atoms. The highest BCUT2D eigenvalue weighted by Gasteiger charge is 2.35. The summed E-state index contributed by atoms with van der Waals surface area (Å²) in [6.45, 7) is 2.90. The van der Waals surface area contributed by atoms with Crippen LogP contribution in [0.1, 0.15) is 51.3 Å². The van der Waals surface area contributed by atoms with Crippen LogP contribution in [0.15, 0.2) is 11.2 Å². The number of hydrogen-bond acceptors (Lipinski definition) is 7. The lowest BCUT2D eigenvalue weighted by Crippen LogP contribution is -2.52. The van der Waals surface area contributed by atoms with E-state index in [1.165, 1.54) is 13.1 Å². The smallest absolute Gasteiger partial charge is 0.307 e. The van der Waals surface area contributed by atoms with Gasteiger partial charge in [-0.1, -0.05) is 19.3 Å². The van der Waals surface area contributed by atoms with Crippen LogP contribution in [0.25, 0.3) is 0 Å². The molecule has 0 spiro atoms. The summed E-state index contributed by atoms with van der Waals surface area (Å²) in [5.74, 6) is -0.716. The van der Waals surface area contributed by atoms with E-state index in [9.17, 15) is 23.3 Å². The summed E-state index contributed by atoms with van der Waals surface area (Å²) >= 11 is 0. The number of rotatable bonds is 8. The lowest BCUT2D eigenvalue weighted by atomic mass is 9.83. The number of ether oxygens (including phenoxy) is 1. The van der Waals surface area contributed by atoms with Gasteiger partial charge in [0.1, 0.15) is 11.4 Å². The van der Waals surface area contributed by atoms with Crippen LogP contribution in [-0.2, 0) is 31.4 Å². The quantitative estimate of drug-likeness (QED) is 0.583. The molecule has 1 saturated carbocycles. The Balaban J connectivity index is 1.81. The van der Waals surface area contributed by atoms with E-state index in [2.05, 4.69) is 21.1 Å². The van der Waals surface area contributed by atoms with Gasteiger partial charge in [-0.3, -0.25) is 9.59 Å². The summed E-state index contributed by atoms with van der Waals surface area (Å²) in [6.07, 6.45) is 3.94. The fourth-order valence-electron chi connectivity index (χ4n) is 3.08. The molecule has 1 fully saturated rings. The lowest BCUT2D eigenvalue weighted by Gasteiger charge is -2.32. The molecule has 0 radical (unpaired) electrons. The molecule has 0 saturated heterocycles. The van der Waals surface area contributed by atoms with Crippen LogP contribution in [0.4, 0.5) is 0 Å². The second kappa shape index (κ2) is 9.37. The number of hydrogen-bond donors (Lipinski definition) is 2. The maximum atomic E-state index is 12.3. The summed E-state index contributed by atoms with van der Waals surface area (Å²) in [6, 6.07) is 2.17. The van der Waals surface area contributed by atoms with Crippen molar-refractivity contribution in [2.75, 3.05) is 6.54 Å². The topological polar surface area (TPSA) is 143 Å². The van der Waals surface area contributed by atoms with Crippen molar-refractivity contribution in [1.29, 1.82) is 5.26 Å². The predicted molar refractivity (Wildman–Crippen MR) is 103 cm³/mol. The third-order valence-corrected chi connectivity index (χ3v) is 6.28. The minimum atomic E-state index is -3.84. The average molecular weight is 426 g/mol. The van der Waals surface area contributed by atoms with Gasteiger partial charge in [0.25, 0.3) is 15.9 Å². The third-order valence-electron chi connectivity index (χ3n) is 4.94. The maximum Gasteiger partial charge on any atom is 0.307 e. The predicted octanol–water partition coefficient (Wildman–Crippen LogP) is 0.671. The SMILES string of the molecule is Cc1nc(S(=O)(=O)NCCC(=O)OC(C)C(=O)NC2(C#N)CCCCC2)cn1C. The van der Waals surface area contributed by atoms with Gasteiger partial charge < -0.3 is 14.6 Å². The Morgan fingerprint density at radius 2 is 2.03 bits per heavy atom. The lowest BCUT2D eigenvalue weighted by molar-refractivity contribution is -0.155. The molecule has 160 valence electrons. The van der Waals surface area contributed by atoms with E-state index in [0.717, 1.165) is 19.3 Å². The molecule has 2 N–H and O–H groups in total. The van der Waals surface area contributed by atoms with Gasteiger partial charge in [0.15, 0.2) is 11.1 Å². The zero-order valence-corrected chi connectivity index (χ0v) is 17.7. The Kier molecular flexibility index (Phi) is 7.37. The third kappa shape index (κ3) is 6.01. The second-order valence-corrected chi connectivity index (χ2v) is 8.97. The molecule has 1 amide bonds. The summed E-state index contributed by atoms with van der Waals surface area (Å²) in [4.78, 5) is 28.2. The van der Waals surface area contributed by atoms with Crippen LogP contribution in [-0.4, -0.2) is 48.0 Å². The highest BCUT2D eigenvalue weighted by molar-refractivity contribution is 7.89. The molecule has 29 heavy (non-hydrogen) atoms. The zero-order valence-electron chi connectivity index (χ0n) is 16.9. The van der Waals surface area contributed by atoms with E-state index in [1.54, 1.807) is 18.5 Å². The van der Waals surface area contributed by atoms with E-state index < -0.39 is 33.5 Å². The minimum Gasteiger partial charge on any atom is -0.453 e. The van der Waals surface area contributed by atoms with Crippen molar-refractivity contribution in [1.82, 2.24) is 19.6 Å². The largest absolute Gasteiger partial charge is 0.453 e. The molecule has 1 heterocycles. The first kappa shape index (κ1) is 22.8. The Bertz CT molecular complexity index is 877. The van der Waals surface area contributed by atoms with Crippen LogP contribution in [0, 0.1) is 18.3 Å². The Hall–Kier alpha value is -2.45. The zero-order chi connectivity index (χ0) is 21.7. The van der Waals surface area contributed by atoms with Gasteiger partial charge in [0.05, 0.1) is 12.5 Å². The molecule has 0 aromatic carbocycles. The molecule has 10 nitrogen and oxygen atoms in total. The van der Waals surface area contributed by atoms with Crippen molar-refractivity contribution < 1.29 is 22.7 Å². The molecular weight excluding hydrogens is 398 g/mol. The number of nitrogens with one attached hydrogen (secondary N) is 2. The second-order valence-electron chi connectivity index (χ2n) is 7.26. The van der Waals surface area contributed by atoms with E-state index in [-0.39, 0.29) is 18.0 Å². The fourth-order valence-corrected chi connectivity index (χ4v) is 4.15. The van der Waals surface area contributed by atoms with Crippen molar-refractivity contribution in [2.24, 2.45) is 7.05 Å². The van der Waals surface area contributed by atoms with Gasteiger partial charge in [0, 0.05) is 19.8 Å². The number of sulfonamides is 1. The Morgan fingerprint density at radius 3 is 2.59 bits per heavy atom. The highest BCUT2D eigenvalue weighted by atomic mass is 32.2. The molecule has 11 heteroatoms. The van der Waals surface area contributed by atoms with E-state index in [4.69, 9.17) is 4.74 Å². The first-order valence-electron chi connectivity index (χ1n) is 9.51. The number of carbonyl (C=O) groups is 2. The number of nitrogens with zero attached hydrogens (tertiary/aromatic N) is 3. The van der Waals surface area contributed by atoms with Gasteiger partial charge in [-0.05, 0) is 26.7 Å². The van der Waals surface area contributed by atoms with Crippen molar-refractivity contribution in [3.05, 3.63) is 12.0 Å². The monoisotopic (exact) mass is 425 g/mol. The van der Waals surface area contributed by atoms with Gasteiger partial charge in [-0.25, -0.2) is 18.1 Å². The molecular formula is C18H27N5O5S. The van der Waals surface area contributed by atoms with Crippen LogP contribution in [0.5, 0.6) is 0 Å². The van der Waals surface area contributed by atoms with Gasteiger partial charge in [-0.15, -0.1) is 0 Å². The van der Waals surface area contributed by atoms with Crippen LogP contribution < -0.4 is 10.0 Å². The van der Waals surface area contributed by atoms with Gasteiger partial charge >= 0.3 is 5.97 Å². The van der Waals surface area contributed by atoms with Crippen LogP contribution in [0.2, 0.25) is 0 Å². The van der Waals surface area contributed by atoms with Gasteiger partial charge in [-0.2, -0.15) is 5.26 Å². The molecule has 1 unspecified atom stereocenters. The van der Waals surface area contributed by atoms with Crippen molar-refractivity contribution in [3.8, 4) is 6.07 Å². The summed E-state index contributed by atoms with van der Waals surface area (Å²) in [7, 11) is -2.16. The molecule has 1 atom stereocenters. The summed E-state index contributed by atoms with van der Waals surface area (Å²) < 4.78 is 33.3. The highest BCUT2D eigenvalue weighted by Crippen LogP contribution is 2.27. The summed E-state index contributed by atoms with van der Waals surface area (Å²) in [5, 5.41) is 12.0. The Morgan fingerprint density at radius 1 is 1.38 bits per heavy atom. The van der Waals surface area contributed by atoms with Crippen LogP contribution >= 0.6 is 0 Å². The number of nitriles is 1. The Labute approximate surface area is 170 Å². The number of esters is 1. The molecule has 0 aliphatic heterocycles. The first-order valence-corrected chi connectivity index (χ1v) is 11.0. The molecule has 1 aliphatic carbocycles. The number of aromatic nitrogens is 2. The number of amides is 1. The standard InChI is InChI=1S/C18H27N5O5S/c1-13(17(25)22-18(12-19)8-5-4-6-9-18)28-16(24)7-10-20-29(26,27)15-11-23(3)14(2)21-15/h11,13,20H,4-10H2,1-3H3,(H,22,25). The molecule has 1 aromatic rings. The van der Waals surface area contributed by atoms with E-state index in [0.29, 0.717) is 18.7 Å². The van der Waals surface area contributed by atoms with Gasteiger partial charge in [0.2, 0.25) is 0 Å². The van der Waals surface area contributed by atoms with Crippen molar-refractivity contribution in [2.45, 2.75) is 69.0 Å². The first-order chi connectivity index (χ1) is 13.6. The maximum absolute atomic E-state index is 12.3. The van der Waals surface area contributed by atoms with Crippen molar-refractivity contribution in [3.63, 3.8) is 0 Å². The molecule has 1 aromatic heterocycles. The normalized spacial score (nSPS) is 17.2. The summed E-state index contributed by atoms with van der Waals surface area (Å²) in [5.41, 5.74) is -0.910. The minimum absolute atomic E-state index is 0.132. The molecule has 2 rings (SSSR count).